The Morgan fingerprint density at radius 3 is 1.97 bits per heavy atom. The molecule has 0 aliphatic rings. The van der Waals surface area contributed by atoms with Crippen LogP contribution in [0.2, 0.25) is 0 Å². The normalized spacial score (nSPS) is 13.0. The third kappa shape index (κ3) is 9.06. The maximum Gasteiger partial charge on any atom is 0.165 e. The number of rotatable bonds is 15. The summed E-state index contributed by atoms with van der Waals surface area (Å²) in [5.74, 6) is 1.14. The van der Waals surface area contributed by atoms with Crippen molar-refractivity contribution in [2.75, 3.05) is 27.4 Å². The van der Waals surface area contributed by atoms with Crippen LogP contribution < -0.4 is 9.47 Å². The van der Waals surface area contributed by atoms with E-state index in [1.807, 2.05) is 48.5 Å². The van der Waals surface area contributed by atoms with Gasteiger partial charge in [0.2, 0.25) is 0 Å². The van der Waals surface area contributed by atoms with Crippen LogP contribution in [-0.2, 0) is 27.5 Å². The van der Waals surface area contributed by atoms with Crippen molar-refractivity contribution in [3.8, 4) is 11.5 Å². The molecule has 0 radical (unpaired) electrons. The predicted octanol–water partition coefficient (Wildman–Crippen LogP) is 4.12. The second-order valence-electron chi connectivity index (χ2n) is 7.24. The third-order valence-electron chi connectivity index (χ3n) is 4.83. The van der Waals surface area contributed by atoms with Gasteiger partial charge < -0.3 is 24.1 Å². The molecule has 0 saturated heterocycles. The van der Waals surface area contributed by atoms with Crippen LogP contribution in [0.4, 0.5) is 0 Å². The molecule has 2 rings (SSSR count). The molecule has 2 aromatic carbocycles. The second kappa shape index (κ2) is 14.2. The number of ether oxygens (including phenoxy) is 4. The van der Waals surface area contributed by atoms with E-state index >= 15 is 0 Å². The molecular formula is C26H32O6. The highest BCUT2D eigenvalue weighted by Gasteiger charge is 2.14. The van der Waals surface area contributed by atoms with Crippen molar-refractivity contribution in [2.24, 2.45) is 5.92 Å². The van der Waals surface area contributed by atoms with Gasteiger partial charge in [0.1, 0.15) is 18.1 Å². The first-order chi connectivity index (χ1) is 15.5. The fourth-order valence-corrected chi connectivity index (χ4v) is 2.91. The van der Waals surface area contributed by atoms with Crippen molar-refractivity contribution >= 4 is 5.78 Å². The molecule has 2 aromatic rings. The molecule has 0 spiro atoms. The molecule has 172 valence electrons. The fraction of sp³-hybridized carbons (Fsp3) is 0.346. The largest absolute Gasteiger partial charge is 0.497 e. The molecule has 0 aliphatic heterocycles. The van der Waals surface area contributed by atoms with E-state index < -0.39 is 6.10 Å². The molecule has 2 atom stereocenters. The molecule has 6 nitrogen and oxygen atoms in total. The highest BCUT2D eigenvalue weighted by atomic mass is 16.5. The predicted molar refractivity (Wildman–Crippen MR) is 124 cm³/mol. The van der Waals surface area contributed by atoms with Gasteiger partial charge >= 0.3 is 0 Å². The third-order valence-corrected chi connectivity index (χ3v) is 4.83. The fourth-order valence-electron chi connectivity index (χ4n) is 2.91. The first-order valence-electron chi connectivity index (χ1n) is 10.5. The van der Waals surface area contributed by atoms with E-state index in [1.54, 1.807) is 32.4 Å². The molecule has 32 heavy (non-hydrogen) atoms. The number of benzene rings is 2. The van der Waals surface area contributed by atoms with Crippen LogP contribution in [0.5, 0.6) is 11.5 Å². The number of ketones is 1. The molecule has 1 unspecified atom stereocenters. The Labute approximate surface area is 190 Å². The van der Waals surface area contributed by atoms with Crippen LogP contribution in [0, 0.1) is 5.92 Å². The Bertz CT molecular complexity index is 842. The van der Waals surface area contributed by atoms with Gasteiger partial charge in [0.15, 0.2) is 5.78 Å². The number of carbonyl (C=O) groups is 1. The Balaban J connectivity index is 1.66. The summed E-state index contributed by atoms with van der Waals surface area (Å²) in [5, 5.41) is 10.1. The zero-order valence-corrected chi connectivity index (χ0v) is 18.7. The standard InChI is InChI=1S/C26H32O6/c1-4-22(26(28)19-32-17-21-10-14-25(30-3)15-11-21)6-5-7-23(27)18-31-16-20-8-12-24(29-2)13-9-20/h4-5,7-15,22-23,27H,1,6,16-19H2,2-3H3/b7-5+/t22?,23-/m1/s1. The van der Waals surface area contributed by atoms with E-state index in [2.05, 4.69) is 6.58 Å². The molecule has 0 aromatic heterocycles. The van der Waals surface area contributed by atoms with Crippen molar-refractivity contribution < 1.29 is 28.8 Å². The lowest BCUT2D eigenvalue weighted by molar-refractivity contribution is -0.126. The molecule has 0 saturated carbocycles. The minimum absolute atomic E-state index is 0.00405. The summed E-state index contributed by atoms with van der Waals surface area (Å²) in [5.41, 5.74) is 1.96. The van der Waals surface area contributed by atoms with Gasteiger partial charge in [-0.15, -0.1) is 6.58 Å². The Morgan fingerprint density at radius 1 is 0.938 bits per heavy atom. The minimum atomic E-state index is -0.750. The topological polar surface area (TPSA) is 74.2 Å². The van der Waals surface area contributed by atoms with Gasteiger partial charge in [0.05, 0.1) is 40.1 Å². The monoisotopic (exact) mass is 440 g/mol. The van der Waals surface area contributed by atoms with Crippen LogP contribution in [-0.4, -0.2) is 44.4 Å². The van der Waals surface area contributed by atoms with E-state index in [1.165, 1.54) is 0 Å². The summed E-state index contributed by atoms with van der Waals surface area (Å²) in [7, 11) is 3.23. The Kier molecular flexibility index (Phi) is 11.2. The van der Waals surface area contributed by atoms with E-state index in [-0.39, 0.29) is 24.9 Å². The van der Waals surface area contributed by atoms with Gasteiger partial charge in [-0.1, -0.05) is 42.5 Å². The summed E-state index contributed by atoms with van der Waals surface area (Å²) >= 11 is 0. The highest BCUT2D eigenvalue weighted by Crippen LogP contribution is 2.14. The number of hydrogen-bond donors (Lipinski definition) is 1. The highest BCUT2D eigenvalue weighted by molar-refractivity contribution is 5.83. The number of aliphatic hydroxyl groups is 1. The molecule has 0 bridgehead atoms. The maximum atomic E-state index is 12.4. The average Bonchev–Trinajstić information content (AvgIpc) is 2.82. The van der Waals surface area contributed by atoms with Crippen molar-refractivity contribution in [3.05, 3.63) is 84.5 Å². The lowest BCUT2D eigenvalue weighted by Crippen LogP contribution is -2.18. The summed E-state index contributed by atoms with van der Waals surface area (Å²) < 4.78 is 21.3. The smallest absolute Gasteiger partial charge is 0.165 e. The molecule has 0 fully saturated rings. The number of aliphatic hydroxyl groups excluding tert-OH is 1. The SMILES string of the molecule is C=CC(C/C=C/[C@@H](O)COCc1ccc(OC)cc1)C(=O)COCc1ccc(OC)cc1. The van der Waals surface area contributed by atoms with E-state index in [0.717, 1.165) is 22.6 Å². The lowest BCUT2D eigenvalue weighted by atomic mass is 10.0. The zero-order valence-electron chi connectivity index (χ0n) is 18.7. The van der Waals surface area contributed by atoms with Gasteiger partial charge in [0, 0.05) is 5.92 Å². The van der Waals surface area contributed by atoms with Crippen molar-refractivity contribution in [1.82, 2.24) is 0 Å². The lowest BCUT2D eigenvalue weighted by Gasteiger charge is -2.11. The van der Waals surface area contributed by atoms with Gasteiger partial charge in [-0.2, -0.15) is 0 Å². The molecule has 0 amide bonds. The maximum absolute atomic E-state index is 12.4. The Hall–Kier alpha value is -2.93. The summed E-state index contributed by atoms with van der Waals surface area (Å²) in [6, 6.07) is 15.1. The van der Waals surface area contributed by atoms with Crippen LogP contribution >= 0.6 is 0 Å². The summed E-state index contributed by atoms with van der Waals surface area (Å²) in [6.45, 7) is 4.66. The van der Waals surface area contributed by atoms with Crippen LogP contribution in [0.15, 0.2) is 73.3 Å². The number of carbonyl (C=O) groups excluding carboxylic acids is 1. The van der Waals surface area contributed by atoms with Crippen molar-refractivity contribution in [1.29, 1.82) is 0 Å². The van der Waals surface area contributed by atoms with Crippen LogP contribution in [0.3, 0.4) is 0 Å². The van der Waals surface area contributed by atoms with Gasteiger partial charge in [-0.05, 0) is 41.8 Å². The van der Waals surface area contributed by atoms with Gasteiger partial charge in [-0.3, -0.25) is 4.79 Å². The summed E-state index contributed by atoms with van der Waals surface area (Å²) in [6.07, 6.45) is 4.71. The average molecular weight is 441 g/mol. The van der Waals surface area contributed by atoms with Crippen LogP contribution in [0.25, 0.3) is 0 Å². The first-order valence-corrected chi connectivity index (χ1v) is 10.5. The molecule has 6 heteroatoms. The quantitative estimate of drug-likeness (QED) is 0.420. The van der Waals surface area contributed by atoms with Crippen molar-refractivity contribution in [2.45, 2.75) is 25.7 Å². The number of allylic oxidation sites excluding steroid dienone is 2. The van der Waals surface area contributed by atoms with Crippen LogP contribution in [0.1, 0.15) is 17.5 Å². The Morgan fingerprint density at radius 2 is 1.47 bits per heavy atom. The van der Waals surface area contributed by atoms with Gasteiger partial charge in [0.25, 0.3) is 0 Å². The van der Waals surface area contributed by atoms with E-state index in [4.69, 9.17) is 18.9 Å². The molecule has 0 aliphatic carbocycles. The molecule has 1 N–H and O–H groups in total. The van der Waals surface area contributed by atoms with E-state index in [0.29, 0.717) is 19.6 Å². The van der Waals surface area contributed by atoms with E-state index in [9.17, 15) is 9.90 Å². The second-order valence-corrected chi connectivity index (χ2v) is 7.24. The number of Topliss-reactive ketones (excluding diaryl/α,β-unsaturated/α-hetero) is 1. The van der Waals surface area contributed by atoms with Gasteiger partial charge in [-0.25, -0.2) is 0 Å². The zero-order chi connectivity index (χ0) is 23.2. The van der Waals surface area contributed by atoms with Crippen molar-refractivity contribution in [3.63, 3.8) is 0 Å². The number of hydrogen-bond acceptors (Lipinski definition) is 6. The molecular weight excluding hydrogens is 408 g/mol. The molecule has 0 heterocycles. The summed E-state index contributed by atoms with van der Waals surface area (Å²) in [4.78, 5) is 12.4. The minimum Gasteiger partial charge on any atom is -0.497 e. The number of methoxy groups -OCH3 is 2. The first kappa shape index (κ1) is 25.3.